The first kappa shape index (κ1) is 17.4. The molecule has 1 amide bonds. The lowest BCUT2D eigenvalue weighted by molar-refractivity contribution is 0.00592. The van der Waals surface area contributed by atoms with Crippen LogP contribution in [0.15, 0.2) is 18.2 Å². The first-order valence-corrected chi connectivity index (χ1v) is 7.31. The molecule has 2 atom stereocenters. The highest BCUT2D eigenvalue weighted by atomic mass is 16.3. The summed E-state index contributed by atoms with van der Waals surface area (Å²) in [5, 5.41) is 13.0. The van der Waals surface area contributed by atoms with Gasteiger partial charge in [-0.25, -0.2) is 0 Å². The molecule has 0 heterocycles. The molecule has 1 aromatic rings. The van der Waals surface area contributed by atoms with Crippen molar-refractivity contribution in [2.24, 2.45) is 5.92 Å². The zero-order chi connectivity index (χ0) is 16.2. The maximum Gasteiger partial charge on any atom is 0.251 e. The van der Waals surface area contributed by atoms with Crippen LogP contribution in [0.5, 0.6) is 0 Å². The molecule has 0 saturated heterocycles. The zero-order valence-corrected chi connectivity index (χ0v) is 13.5. The molecule has 1 rings (SSSR count). The standard InChI is InChI=1S/C17H25NO3/c1-6-12(3)17(5,21)10-18-16(20)14-8-7-11(2)15(9-14)13(4)19/h7-9,12,21H,6,10H2,1-5H3,(H,18,20)/t12-,17+/m1/s1. The number of Topliss-reactive ketones (excluding diaryl/α,β-unsaturated/α-hetero) is 1. The Morgan fingerprint density at radius 3 is 2.52 bits per heavy atom. The van der Waals surface area contributed by atoms with E-state index in [1.807, 2.05) is 20.8 Å². The van der Waals surface area contributed by atoms with Gasteiger partial charge in [-0.3, -0.25) is 9.59 Å². The molecule has 0 aromatic heterocycles. The van der Waals surface area contributed by atoms with Crippen molar-refractivity contribution in [2.75, 3.05) is 6.54 Å². The highest BCUT2D eigenvalue weighted by molar-refractivity contribution is 6.00. The van der Waals surface area contributed by atoms with Crippen LogP contribution in [0.3, 0.4) is 0 Å². The molecule has 4 heteroatoms. The van der Waals surface area contributed by atoms with E-state index in [2.05, 4.69) is 5.32 Å². The van der Waals surface area contributed by atoms with Gasteiger partial charge in [-0.05, 0) is 44.4 Å². The number of aliphatic hydroxyl groups is 1. The molecule has 0 saturated carbocycles. The Balaban J connectivity index is 2.82. The third-order valence-electron chi connectivity index (χ3n) is 4.16. The first-order valence-electron chi connectivity index (χ1n) is 7.31. The maximum atomic E-state index is 12.2. The Morgan fingerprint density at radius 1 is 1.38 bits per heavy atom. The van der Waals surface area contributed by atoms with Gasteiger partial charge >= 0.3 is 0 Å². The molecular weight excluding hydrogens is 266 g/mol. The second kappa shape index (κ2) is 6.85. The Morgan fingerprint density at radius 2 is 2.00 bits per heavy atom. The first-order chi connectivity index (χ1) is 9.69. The van der Waals surface area contributed by atoms with Gasteiger partial charge in [0.1, 0.15) is 0 Å². The number of nitrogens with one attached hydrogen (secondary N) is 1. The second-order valence-corrected chi connectivity index (χ2v) is 5.94. The van der Waals surface area contributed by atoms with Crippen LogP contribution < -0.4 is 5.32 Å². The molecule has 4 nitrogen and oxygen atoms in total. The molecule has 0 aliphatic rings. The lowest BCUT2D eigenvalue weighted by Gasteiger charge is -2.29. The molecule has 0 spiro atoms. The number of carbonyl (C=O) groups is 2. The van der Waals surface area contributed by atoms with Crippen molar-refractivity contribution in [1.29, 1.82) is 0 Å². The number of hydrogen-bond acceptors (Lipinski definition) is 3. The minimum absolute atomic E-state index is 0.0613. The van der Waals surface area contributed by atoms with Gasteiger partial charge in [0.15, 0.2) is 5.78 Å². The Bertz CT molecular complexity index is 535. The fraction of sp³-hybridized carbons (Fsp3) is 0.529. The van der Waals surface area contributed by atoms with Crippen molar-refractivity contribution in [1.82, 2.24) is 5.32 Å². The fourth-order valence-corrected chi connectivity index (χ4v) is 2.12. The van der Waals surface area contributed by atoms with Crippen LogP contribution in [0.1, 0.15) is 60.4 Å². The maximum absolute atomic E-state index is 12.2. The molecule has 1 aromatic carbocycles. The van der Waals surface area contributed by atoms with E-state index in [1.54, 1.807) is 25.1 Å². The van der Waals surface area contributed by atoms with Crippen LogP contribution >= 0.6 is 0 Å². The second-order valence-electron chi connectivity index (χ2n) is 5.94. The number of hydrogen-bond donors (Lipinski definition) is 2. The van der Waals surface area contributed by atoms with Gasteiger partial charge in [-0.15, -0.1) is 0 Å². The number of amides is 1. The zero-order valence-electron chi connectivity index (χ0n) is 13.5. The fourth-order valence-electron chi connectivity index (χ4n) is 2.12. The number of rotatable bonds is 6. The molecule has 116 valence electrons. The number of carbonyl (C=O) groups excluding carboxylic acids is 2. The minimum Gasteiger partial charge on any atom is -0.388 e. The average molecular weight is 291 g/mol. The van der Waals surface area contributed by atoms with E-state index < -0.39 is 5.60 Å². The summed E-state index contributed by atoms with van der Waals surface area (Å²) in [5.41, 5.74) is 0.895. The van der Waals surface area contributed by atoms with E-state index in [0.29, 0.717) is 11.1 Å². The predicted molar refractivity (Wildman–Crippen MR) is 83.6 cm³/mol. The van der Waals surface area contributed by atoms with Crippen LogP contribution in [-0.4, -0.2) is 28.9 Å². The van der Waals surface area contributed by atoms with Crippen molar-refractivity contribution < 1.29 is 14.7 Å². The van der Waals surface area contributed by atoms with E-state index in [-0.39, 0.29) is 24.2 Å². The summed E-state index contributed by atoms with van der Waals surface area (Å²) in [6.45, 7) is 9.18. The van der Waals surface area contributed by atoms with E-state index >= 15 is 0 Å². The summed E-state index contributed by atoms with van der Waals surface area (Å²) >= 11 is 0. The highest BCUT2D eigenvalue weighted by Gasteiger charge is 2.27. The molecule has 0 radical (unpaired) electrons. The summed E-state index contributed by atoms with van der Waals surface area (Å²) in [6, 6.07) is 5.05. The monoisotopic (exact) mass is 291 g/mol. The molecule has 0 aliphatic heterocycles. The number of aryl methyl sites for hydroxylation is 1. The van der Waals surface area contributed by atoms with Gasteiger partial charge < -0.3 is 10.4 Å². The van der Waals surface area contributed by atoms with Gasteiger partial charge in [0.2, 0.25) is 0 Å². The third kappa shape index (κ3) is 4.39. The van der Waals surface area contributed by atoms with Gasteiger partial charge in [-0.1, -0.05) is 26.3 Å². The van der Waals surface area contributed by atoms with Gasteiger partial charge in [0.05, 0.1) is 5.60 Å². The van der Waals surface area contributed by atoms with E-state index in [9.17, 15) is 14.7 Å². The molecule has 2 N–H and O–H groups in total. The van der Waals surface area contributed by atoms with E-state index in [1.165, 1.54) is 6.92 Å². The van der Waals surface area contributed by atoms with Crippen LogP contribution in [0, 0.1) is 12.8 Å². The largest absolute Gasteiger partial charge is 0.388 e. The molecule has 0 bridgehead atoms. The Hall–Kier alpha value is -1.68. The minimum atomic E-state index is -0.946. The number of benzene rings is 1. The summed E-state index contributed by atoms with van der Waals surface area (Å²) < 4.78 is 0. The molecule has 0 unspecified atom stereocenters. The topological polar surface area (TPSA) is 66.4 Å². The third-order valence-corrected chi connectivity index (χ3v) is 4.16. The summed E-state index contributed by atoms with van der Waals surface area (Å²) in [4.78, 5) is 23.7. The van der Waals surface area contributed by atoms with Crippen LogP contribution in [0.4, 0.5) is 0 Å². The molecule has 0 fully saturated rings. The van der Waals surface area contributed by atoms with Crippen LogP contribution in [-0.2, 0) is 0 Å². The van der Waals surface area contributed by atoms with Crippen molar-refractivity contribution >= 4 is 11.7 Å². The molecular formula is C17H25NO3. The van der Waals surface area contributed by atoms with Gasteiger partial charge in [-0.2, -0.15) is 0 Å². The summed E-state index contributed by atoms with van der Waals surface area (Å²) in [6.07, 6.45) is 0.835. The van der Waals surface area contributed by atoms with Gasteiger partial charge in [0.25, 0.3) is 5.91 Å². The quantitative estimate of drug-likeness (QED) is 0.792. The molecule has 21 heavy (non-hydrogen) atoms. The van der Waals surface area contributed by atoms with Crippen LogP contribution in [0.25, 0.3) is 0 Å². The Kier molecular flexibility index (Phi) is 5.67. The Labute approximate surface area is 126 Å². The van der Waals surface area contributed by atoms with Crippen molar-refractivity contribution in [3.05, 3.63) is 34.9 Å². The van der Waals surface area contributed by atoms with Crippen LogP contribution in [0.2, 0.25) is 0 Å². The van der Waals surface area contributed by atoms with E-state index in [4.69, 9.17) is 0 Å². The lowest BCUT2D eigenvalue weighted by atomic mass is 9.88. The normalized spacial score (nSPS) is 15.1. The number of ketones is 1. The van der Waals surface area contributed by atoms with Crippen molar-refractivity contribution in [2.45, 2.75) is 46.6 Å². The average Bonchev–Trinajstić information content (AvgIpc) is 2.44. The lowest BCUT2D eigenvalue weighted by Crippen LogP contribution is -2.45. The highest BCUT2D eigenvalue weighted by Crippen LogP contribution is 2.19. The SMILES string of the molecule is CC[C@@H](C)[C@@](C)(O)CNC(=O)c1ccc(C)c(C(C)=O)c1. The van der Waals surface area contributed by atoms with Crippen molar-refractivity contribution in [3.63, 3.8) is 0 Å². The predicted octanol–water partition coefficient (Wildman–Crippen LogP) is 2.72. The summed E-state index contributed by atoms with van der Waals surface area (Å²) in [5.74, 6) is -0.251. The molecule has 0 aliphatic carbocycles. The smallest absolute Gasteiger partial charge is 0.251 e. The van der Waals surface area contributed by atoms with Gasteiger partial charge in [0, 0.05) is 17.7 Å². The van der Waals surface area contributed by atoms with E-state index in [0.717, 1.165) is 12.0 Å². The summed E-state index contributed by atoms with van der Waals surface area (Å²) in [7, 11) is 0. The van der Waals surface area contributed by atoms with Crippen molar-refractivity contribution in [3.8, 4) is 0 Å².